The topological polar surface area (TPSA) is 44.1 Å². The van der Waals surface area contributed by atoms with Crippen LogP contribution in [0.15, 0.2) is 18.5 Å². The molecule has 0 radical (unpaired) electrons. The van der Waals surface area contributed by atoms with Gasteiger partial charge in [0.15, 0.2) is 0 Å². The van der Waals surface area contributed by atoms with Crippen LogP contribution in [0.1, 0.15) is 38.3 Å². The summed E-state index contributed by atoms with van der Waals surface area (Å²) in [6, 6.07) is 4.20. The van der Waals surface area contributed by atoms with Gasteiger partial charge in [0.05, 0.1) is 23.8 Å². The lowest BCUT2D eigenvalue weighted by Crippen LogP contribution is -2.24. The molecular formula is C16H22N2O2. The third kappa shape index (κ3) is 3.38. The monoisotopic (exact) mass is 274 g/mol. The van der Waals surface area contributed by atoms with E-state index in [-0.39, 0.29) is 5.97 Å². The molecule has 20 heavy (non-hydrogen) atoms. The summed E-state index contributed by atoms with van der Waals surface area (Å²) in [6.07, 6.45) is 2.14. The van der Waals surface area contributed by atoms with Crippen LogP contribution >= 0.6 is 0 Å². The van der Waals surface area contributed by atoms with Gasteiger partial charge >= 0.3 is 5.97 Å². The Morgan fingerprint density at radius 3 is 2.55 bits per heavy atom. The Kier molecular flexibility index (Phi) is 3.84. The number of aromatic nitrogens is 2. The van der Waals surface area contributed by atoms with E-state index in [1.165, 1.54) is 11.1 Å². The molecule has 4 heteroatoms. The first-order valence-electron chi connectivity index (χ1n) is 6.90. The van der Waals surface area contributed by atoms with Crippen molar-refractivity contribution >= 4 is 17.0 Å². The van der Waals surface area contributed by atoms with E-state index in [9.17, 15) is 4.79 Å². The van der Waals surface area contributed by atoms with Gasteiger partial charge < -0.3 is 9.30 Å². The Morgan fingerprint density at radius 1 is 1.25 bits per heavy atom. The minimum atomic E-state index is -0.429. The average molecular weight is 274 g/mol. The van der Waals surface area contributed by atoms with E-state index in [4.69, 9.17) is 4.74 Å². The Balaban J connectivity index is 2.11. The van der Waals surface area contributed by atoms with Crippen molar-refractivity contribution in [3.63, 3.8) is 0 Å². The summed E-state index contributed by atoms with van der Waals surface area (Å²) < 4.78 is 7.32. The number of aryl methyl sites for hydroxylation is 3. The van der Waals surface area contributed by atoms with Gasteiger partial charge in [0.2, 0.25) is 0 Å². The molecule has 0 aliphatic carbocycles. The molecule has 2 aromatic rings. The molecule has 0 saturated carbocycles. The van der Waals surface area contributed by atoms with E-state index in [2.05, 4.69) is 31.0 Å². The molecule has 0 unspecified atom stereocenters. The summed E-state index contributed by atoms with van der Waals surface area (Å²) >= 11 is 0. The van der Waals surface area contributed by atoms with Crippen molar-refractivity contribution in [2.75, 3.05) is 0 Å². The zero-order chi connectivity index (χ0) is 14.9. The molecular weight excluding hydrogens is 252 g/mol. The third-order valence-corrected chi connectivity index (χ3v) is 3.21. The van der Waals surface area contributed by atoms with Gasteiger partial charge in [0.25, 0.3) is 0 Å². The highest BCUT2D eigenvalue weighted by atomic mass is 16.6. The largest absolute Gasteiger partial charge is 0.460 e. The Labute approximate surface area is 119 Å². The molecule has 0 fully saturated rings. The molecule has 0 atom stereocenters. The molecule has 0 saturated heterocycles. The van der Waals surface area contributed by atoms with Gasteiger partial charge in [-0.2, -0.15) is 0 Å². The van der Waals surface area contributed by atoms with Gasteiger partial charge in [-0.3, -0.25) is 4.79 Å². The fourth-order valence-electron chi connectivity index (χ4n) is 2.10. The van der Waals surface area contributed by atoms with Crippen LogP contribution < -0.4 is 0 Å². The fourth-order valence-corrected chi connectivity index (χ4v) is 2.10. The van der Waals surface area contributed by atoms with E-state index in [1.54, 1.807) is 6.33 Å². The zero-order valence-electron chi connectivity index (χ0n) is 12.9. The predicted molar refractivity (Wildman–Crippen MR) is 79.7 cm³/mol. The van der Waals surface area contributed by atoms with Crippen molar-refractivity contribution < 1.29 is 9.53 Å². The number of hydrogen-bond donors (Lipinski definition) is 0. The number of carbonyl (C=O) groups is 1. The number of nitrogens with zero attached hydrogens (tertiary/aromatic N) is 2. The maximum Gasteiger partial charge on any atom is 0.308 e. The number of hydrogen-bond acceptors (Lipinski definition) is 3. The molecule has 0 N–H and O–H groups in total. The van der Waals surface area contributed by atoms with Gasteiger partial charge in [-0.15, -0.1) is 0 Å². The SMILES string of the molecule is Cc1cc2ncn(CCC(=O)OC(C)(C)C)c2cc1C. The van der Waals surface area contributed by atoms with Crippen LogP contribution in [0.3, 0.4) is 0 Å². The van der Waals surface area contributed by atoms with Crippen molar-refractivity contribution in [1.82, 2.24) is 9.55 Å². The lowest BCUT2D eigenvalue weighted by atomic mass is 10.1. The Bertz CT molecular complexity index is 636. The summed E-state index contributed by atoms with van der Waals surface area (Å²) in [5.74, 6) is -0.178. The maximum absolute atomic E-state index is 11.8. The van der Waals surface area contributed by atoms with Crippen molar-refractivity contribution in [2.45, 2.75) is 53.2 Å². The number of imidazole rings is 1. The van der Waals surface area contributed by atoms with Crippen molar-refractivity contribution in [3.8, 4) is 0 Å². The summed E-state index contributed by atoms with van der Waals surface area (Å²) in [7, 11) is 0. The highest BCUT2D eigenvalue weighted by Gasteiger charge is 2.16. The van der Waals surface area contributed by atoms with Gasteiger partial charge in [-0.25, -0.2) is 4.98 Å². The van der Waals surface area contributed by atoms with Crippen LogP contribution in [0.25, 0.3) is 11.0 Å². The highest BCUT2D eigenvalue weighted by Crippen LogP contribution is 2.19. The minimum absolute atomic E-state index is 0.178. The number of fused-ring (bicyclic) bond motifs is 1. The smallest absolute Gasteiger partial charge is 0.308 e. The standard InChI is InChI=1S/C16H22N2O2/c1-11-8-13-14(9-12(11)2)18(10-17-13)7-6-15(19)20-16(3,4)5/h8-10H,6-7H2,1-5H3. The summed E-state index contributed by atoms with van der Waals surface area (Å²) in [5.41, 5.74) is 4.07. The number of benzene rings is 1. The molecule has 0 bridgehead atoms. The second-order valence-corrected chi connectivity index (χ2v) is 6.20. The molecule has 1 heterocycles. The van der Waals surface area contributed by atoms with Crippen LogP contribution in [-0.4, -0.2) is 21.1 Å². The van der Waals surface area contributed by atoms with E-state index < -0.39 is 5.60 Å². The molecule has 0 spiro atoms. The van der Waals surface area contributed by atoms with E-state index in [0.717, 1.165) is 11.0 Å². The number of esters is 1. The quantitative estimate of drug-likeness (QED) is 0.806. The molecule has 1 aromatic heterocycles. The molecule has 0 aliphatic rings. The van der Waals surface area contributed by atoms with Gasteiger partial charge in [0, 0.05) is 6.54 Å². The first-order chi connectivity index (χ1) is 9.26. The van der Waals surface area contributed by atoms with E-state index in [0.29, 0.717) is 13.0 Å². The number of rotatable bonds is 3. The molecule has 0 aliphatic heterocycles. The second kappa shape index (κ2) is 5.27. The van der Waals surface area contributed by atoms with Gasteiger partial charge in [0.1, 0.15) is 5.60 Å². The molecule has 1 aromatic carbocycles. The zero-order valence-corrected chi connectivity index (χ0v) is 12.9. The minimum Gasteiger partial charge on any atom is -0.460 e. The molecule has 108 valence electrons. The Hall–Kier alpha value is -1.84. The van der Waals surface area contributed by atoms with E-state index >= 15 is 0 Å². The summed E-state index contributed by atoms with van der Waals surface area (Å²) in [6.45, 7) is 10.4. The number of carbonyl (C=O) groups excluding carboxylic acids is 1. The molecule has 4 nitrogen and oxygen atoms in total. The summed E-state index contributed by atoms with van der Waals surface area (Å²) in [5, 5.41) is 0. The fraction of sp³-hybridized carbons (Fsp3) is 0.500. The van der Waals surface area contributed by atoms with Crippen molar-refractivity contribution in [2.24, 2.45) is 0 Å². The predicted octanol–water partition coefficient (Wildman–Crippen LogP) is 3.38. The van der Waals surface area contributed by atoms with Crippen LogP contribution in [0.5, 0.6) is 0 Å². The van der Waals surface area contributed by atoms with Crippen LogP contribution in [0.2, 0.25) is 0 Å². The van der Waals surface area contributed by atoms with Gasteiger partial charge in [-0.05, 0) is 57.9 Å². The van der Waals surface area contributed by atoms with E-state index in [1.807, 2.05) is 25.3 Å². The van der Waals surface area contributed by atoms with Crippen LogP contribution in [0, 0.1) is 13.8 Å². The highest BCUT2D eigenvalue weighted by molar-refractivity contribution is 5.77. The van der Waals surface area contributed by atoms with Crippen LogP contribution in [-0.2, 0) is 16.1 Å². The molecule has 2 rings (SSSR count). The third-order valence-electron chi connectivity index (χ3n) is 3.21. The normalized spacial score (nSPS) is 11.8. The van der Waals surface area contributed by atoms with Crippen molar-refractivity contribution in [1.29, 1.82) is 0 Å². The first kappa shape index (κ1) is 14.6. The van der Waals surface area contributed by atoms with Crippen LogP contribution in [0.4, 0.5) is 0 Å². The lowest BCUT2D eigenvalue weighted by Gasteiger charge is -2.19. The van der Waals surface area contributed by atoms with Crippen molar-refractivity contribution in [3.05, 3.63) is 29.6 Å². The second-order valence-electron chi connectivity index (χ2n) is 6.20. The average Bonchev–Trinajstić information content (AvgIpc) is 2.67. The number of ether oxygens (including phenoxy) is 1. The molecule has 0 amide bonds. The Morgan fingerprint density at radius 2 is 1.90 bits per heavy atom. The van der Waals surface area contributed by atoms with Gasteiger partial charge in [-0.1, -0.05) is 0 Å². The maximum atomic E-state index is 11.8. The first-order valence-corrected chi connectivity index (χ1v) is 6.90. The lowest BCUT2D eigenvalue weighted by molar-refractivity contribution is -0.155. The summed E-state index contributed by atoms with van der Waals surface area (Å²) in [4.78, 5) is 16.1.